The van der Waals surface area contributed by atoms with Crippen molar-refractivity contribution >= 4 is 21.8 Å². The molecule has 0 aliphatic rings. The van der Waals surface area contributed by atoms with E-state index in [1.807, 2.05) is 0 Å². The van der Waals surface area contributed by atoms with E-state index in [0.29, 0.717) is 0 Å². The predicted molar refractivity (Wildman–Crippen MR) is 66.3 cm³/mol. The van der Waals surface area contributed by atoms with E-state index < -0.39 is 21.9 Å². The van der Waals surface area contributed by atoms with Gasteiger partial charge in [0.1, 0.15) is 12.4 Å². The van der Waals surface area contributed by atoms with Crippen molar-refractivity contribution in [1.29, 1.82) is 0 Å². The Balaban J connectivity index is 2.86. The Morgan fingerprint density at radius 1 is 1.47 bits per heavy atom. The quantitative estimate of drug-likeness (QED) is 0.524. The van der Waals surface area contributed by atoms with E-state index in [1.165, 1.54) is 6.92 Å². The van der Waals surface area contributed by atoms with Gasteiger partial charge in [-0.3, -0.25) is 0 Å². The van der Waals surface area contributed by atoms with Gasteiger partial charge < -0.3 is 16.2 Å². The minimum Gasteiger partial charge on any atom is -0.448 e. The van der Waals surface area contributed by atoms with Gasteiger partial charge in [-0.25, -0.2) is 22.3 Å². The summed E-state index contributed by atoms with van der Waals surface area (Å²) in [6.07, 6.45) is -1.01. The summed E-state index contributed by atoms with van der Waals surface area (Å²) in [4.78, 5) is 10.0. The highest BCUT2D eigenvalue weighted by Crippen LogP contribution is 2.21. The molecule has 0 saturated heterocycles. The molecule has 0 aliphatic heterocycles. The fraction of sp³-hybridized carbons (Fsp3) is 0.300. The van der Waals surface area contributed by atoms with Crippen LogP contribution >= 0.6 is 0 Å². The van der Waals surface area contributed by atoms with Crippen molar-refractivity contribution in [2.75, 3.05) is 18.9 Å². The third-order valence-electron chi connectivity index (χ3n) is 2.25. The van der Waals surface area contributed by atoms with Crippen LogP contribution in [0, 0.1) is 12.7 Å². The number of rotatable bonds is 5. The van der Waals surface area contributed by atoms with E-state index in [9.17, 15) is 17.6 Å². The number of nitrogen functional groups attached to an aromatic ring is 1. The highest BCUT2D eigenvalue weighted by Gasteiger charge is 2.19. The van der Waals surface area contributed by atoms with Crippen LogP contribution in [0.5, 0.6) is 0 Å². The molecule has 9 heteroatoms. The standard InChI is InChI=1S/C10H14FN3O4S/c1-6-8(11)4-7(12)5-9(6)19(16,17)14-2-3-18-10(13)15/h4-5,14H,2-3,12H2,1H3,(H2,13,15). The van der Waals surface area contributed by atoms with E-state index in [-0.39, 0.29) is 29.3 Å². The third-order valence-corrected chi connectivity index (χ3v) is 3.83. The Morgan fingerprint density at radius 2 is 2.11 bits per heavy atom. The number of benzene rings is 1. The minimum absolute atomic E-state index is 0.00291. The van der Waals surface area contributed by atoms with Crippen LogP contribution in [0.3, 0.4) is 0 Å². The Morgan fingerprint density at radius 3 is 2.68 bits per heavy atom. The Labute approximate surface area is 109 Å². The first-order valence-corrected chi connectivity index (χ1v) is 6.70. The smallest absolute Gasteiger partial charge is 0.404 e. The molecular weight excluding hydrogens is 277 g/mol. The van der Waals surface area contributed by atoms with E-state index in [2.05, 4.69) is 9.46 Å². The Hall–Kier alpha value is -1.87. The summed E-state index contributed by atoms with van der Waals surface area (Å²) in [5.74, 6) is -0.714. The second kappa shape index (κ2) is 5.85. The lowest BCUT2D eigenvalue weighted by Crippen LogP contribution is -2.29. The number of ether oxygens (including phenoxy) is 1. The highest BCUT2D eigenvalue weighted by molar-refractivity contribution is 7.89. The molecule has 1 amide bonds. The average Bonchev–Trinajstić information content (AvgIpc) is 2.29. The Kier molecular flexibility index (Phi) is 4.67. The molecule has 7 nitrogen and oxygen atoms in total. The summed E-state index contributed by atoms with van der Waals surface area (Å²) in [7, 11) is -3.94. The van der Waals surface area contributed by atoms with E-state index in [0.717, 1.165) is 12.1 Å². The van der Waals surface area contributed by atoms with E-state index in [4.69, 9.17) is 11.5 Å². The molecule has 0 unspecified atom stereocenters. The molecule has 1 aromatic carbocycles. The van der Waals surface area contributed by atoms with Gasteiger partial charge in [0.15, 0.2) is 0 Å². The molecule has 0 radical (unpaired) electrons. The fourth-order valence-corrected chi connectivity index (χ4v) is 2.66. The van der Waals surface area contributed by atoms with Crippen LogP contribution in [0.4, 0.5) is 14.9 Å². The first kappa shape index (κ1) is 15.2. The highest BCUT2D eigenvalue weighted by atomic mass is 32.2. The lowest BCUT2D eigenvalue weighted by molar-refractivity contribution is 0.159. The summed E-state index contributed by atoms with van der Waals surface area (Å²) >= 11 is 0. The first-order valence-electron chi connectivity index (χ1n) is 5.21. The summed E-state index contributed by atoms with van der Waals surface area (Å²) < 4.78 is 43.7. The summed E-state index contributed by atoms with van der Waals surface area (Å²) in [6.45, 7) is 0.919. The molecule has 1 rings (SSSR count). The van der Waals surface area contributed by atoms with Crippen LogP contribution in [0.1, 0.15) is 5.56 Å². The topological polar surface area (TPSA) is 125 Å². The number of carbonyl (C=O) groups excluding carboxylic acids is 1. The number of anilines is 1. The molecule has 0 saturated carbocycles. The molecule has 0 bridgehead atoms. The molecular formula is C10H14FN3O4S. The summed E-state index contributed by atoms with van der Waals surface area (Å²) in [5, 5.41) is 0. The van der Waals surface area contributed by atoms with Crippen molar-refractivity contribution in [2.45, 2.75) is 11.8 Å². The molecule has 0 fully saturated rings. The van der Waals surface area contributed by atoms with Crippen molar-refractivity contribution in [1.82, 2.24) is 4.72 Å². The van der Waals surface area contributed by atoms with Crippen LogP contribution in [-0.4, -0.2) is 27.7 Å². The van der Waals surface area contributed by atoms with Gasteiger partial charge in [-0.15, -0.1) is 0 Å². The molecule has 0 aromatic heterocycles. The van der Waals surface area contributed by atoms with Crippen molar-refractivity contribution in [3.63, 3.8) is 0 Å². The lowest BCUT2D eigenvalue weighted by Gasteiger charge is -2.10. The number of hydrogen-bond acceptors (Lipinski definition) is 5. The molecule has 0 atom stereocenters. The van der Waals surface area contributed by atoms with E-state index in [1.54, 1.807) is 0 Å². The van der Waals surface area contributed by atoms with Gasteiger partial charge in [0.05, 0.1) is 4.90 Å². The minimum atomic E-state index is -3.94. The number of sulfonamides is 1. The number of hydrogen-bond donors (Lipinski definition) is 3. The fourth-order valence-electron chi connectivity index (χ4n) is 1.36. The van der Waals surface area contributed by atoms with Gasteiger partial charge >= 0.3 is 6.09 Å². The zero-order valence-corrected chi connectivity index (χ0v) is 11.0. The van der Waals surface area contributed by atoms with Crippen LogP contribution in [-0.2, 0) is 14.8 Å². The lowest BCUT2D eigenvalue weighted by atomic mass is 10.2. The van der Waals surface area contributed by atoms with Gasteiger partial charge in [0.25, 0.3) is 0 Å². The molecule has 0 spiro atoms. The number of nitrogens with one attached hydrogen (secondary N) is 1. The van der Waals surface area contributed by atoms with Crippen molar-refractivity contribution in [3.05, 3.63) is 23.5 Å². The van der Waals surface area contributed by atoms with Crippen molar-refractivity contribution in [2.24, 2.45) is 5.73 Å². The number of carbonyl (C=O) groups is 1. The normalized spacial score (nSPS) is 11.3. The number of nitrogens with two attached hydrogens (primary N) is 2. The summed E-state index contributed by atoms with van der Waals surface area (Å²) in [6, 6.07) is 2.18. The third kappa shape index (κ3) is 4.07. The molecule has 5 N–H and O–H groups in total. The van der Waals surface area contributed by atoms with Crippen LogP contribution < -0.4 is 16.2 Å². The van der Waals surface area contributed by atoms with Gasteiger partial charge in [0, 0.05) is 17.8 Å². The Bertz CT molecular complexity index is 589. The monoisotopic (exact) mass is 291 g/mol. The maximum Gasteiger partial charge on any atom is 0.404 e. The molecule has 106 valence electrons. The van der Waals surface area contributed by atoms with Gasteiger partial charge in [-0.05, 0) is 19.1 Å². The van der Waals surface area contributed by atoms with Crippen molar-refractivity contribution < 1.29 is 22.3 Å². The maximum absolute atomic E-state index is 13.4. The zero-order valence-electron chi connectivity index (χ0n) is 10.1. The predicted octanol–water partition coefficient (Wildman–Crippen LogP) is 0.0899. The summed E-state index contributed by atoms with van der Waals surface area (Å²) in [5.41, 5.74) is 10.1. The van der Waals surface area contributed by atoms with E-state index >= 15 is 0 Å². The largest absolute Gasteiger partial charge is 0.448 e. The second-order valence-corrected chi connectivity index (χ2v) is 5.43. The molecule has 1 aromatic rings. The van der Waals surface area contributed by atoms with Crippen LogP contribution in [0.2, 0.25) is 0 Å². The SMILES string of the molecule is Cc1c(F)cc(N)cc1S(=O)(=O)NCCOC(N)=O. The zero-order chi connectivity index (χ0) is 14.6. The molecule has 0 aliphatic carbocycles. The van der Waals surface area contributed by atoms with Gasteiger partial charge in [-0.2, -0.15) is 0 Å². The van der Waals surface area contributed by atoms with Crippen molar-refractivity contribution in [3.8, 4) is 0 Å². The molecule has 19 heavy (non-hydrogen) atoms. The maximum atomic E-state index is 13.4. The average molecular weight is 291 g/mol. The van der Waals surface area contributed by atoms with Gasteiger partial charge in [0.2, 0.25) is 10.0 Å². The first-order chi connectivity index (χ1) is 8.74. The van der Waals surface area contributed by atoms with Crippen LogP contribution in [0.25, 0.3) is 0 Å². The van der Waals surface area contributed by atoms with Crippen LogP contribution in [0.15, 0.2) is 17.0 Å². The number of amides is 1. The number of primary amides is 1. The second-order valence-electron chi connectivity index (χ2n) is 3.69. The number of halogens is 1. The van der Waals surface area contributed by atoms with Gasteiger partial charge in [-0.1, -0.05) is 0 Å². The molecule has 0 heterocycles.